The van der Waals surface area contributed by atoms with Crippen LogP contribution in [0, 0.1) is 5.41 Å². The van der Waals surface area contributed by atoms with Crippen molar-refractivity contribution >= 4 is 0 Å². The van der Waals surface area contributed by atoms with E-state index in [4.69, 9.17) is 4.74 Å². The summed E-state index contributed by atoms with van der Waals surface area (Å²) in [6.07, 6.45) is 2.73. The van der Waals surface area contributed by atoms with E-state index in [1.54, 1.807) is 0 Å². The molecule has 1 spiro atoms. The Bertz CT molecular complexity index is 210. The lowest BCUT2D eigenvalue weighted by Gasteiger charge is -2.31. The molecule has 0 radical (unpaired) electrons. The van der Waals surface area contributed by atoms with E-state index in [1.165, 1.54) is 19.4 Å². The third kappa shape index (κ3) is 2.12. The molecule has 2 nitrogen and oxygen atoms in total. The highest BCUT2D eigenvalue weighted by Gasteiger charge is 2.48. The quantitative estimate of drug-likeness (QED) is 0.639. The summed E-state index contributed by atoms with van der Waals surface area (Å²) in [5.74, 6) is 0. The molecule has 2 rings (SSSR count). The van der Waals surface area contributed by atoms with E-state index in [9.17, 15) is 0 Å². The molecule has 0 aromatic heterocycles. The molecule has 1 aliphatic carbocycles. The summed E-state index contributed by atoms with van der Waals surface area (Å²) in [6.45, 7) is 12.3. The first kappa shape index (κ1) is 10.4. The number of hydrogen-bond donors (Lipinski definition) is 0. The molecule has 14 heavy (non-hydrogen) atoms. The van der Waals surface area contributed by atoms with Crippen molar-refractivity contribution in [1.29, 1.82) is 0 Å². The highest BCUT2D eigenvalue weighted by atomic mass is 16.5. The second kappa shape index (κ2) is 3.21. The van der Waals surface area contributed by atoms with E-state index in [0.717, 1.165) is 13.2 Å². The standard InChI is InChI=1S/C12H23NO/c1-10(2)13-7-11(3,4)14-9-12(8-13)5-6-12/h10H,5-9H2,1-4H3. The molecular formula is C12H23NO. The first-order chi connectivity index (χ1) is 6.43. The summed E-state index contributed by atoms with van der Waals surface area (Å²) >= 11 is 0. The van der Waals surface area contributed by atoms with Crippen LogP contribution in [-0.4, -0.2) is 36.2 Å². The minimum absolute atomic E-state index is 0.0381. The third-order valence-corrected chi connectivity index (χ3v) is 3.58. The first-order valence-corrected chi connectivity index (χ1v) is 5.81. The van der Waals surface area contributed by atoms with Crippen LogP contribution in [0.1, 0.15) is 40.5 Å². The van der Waals surface area contributed by atoms with Crippen molar-refractivity contribution in [2.45, 2.75) is 52.2 Å². The van der Waals surface area contributed by atoms with Crippen LogP contribution in [0.4, 0.5) is 0 Å². The Balaban J connectivity index is 2.09. The van der Waals surface area contributed by atoms with E-state index in [1.807, 2.05) is 0 Å². The molecule has 0 N–H and O–H groups in total. The number of rotatable bonds is 1. The molecule has 1 saturated heterocycles. The summed E-state index contributed by atoms with van der Waals surface area (Å²) in [5, 5.41) is 0. The Kier molecular flexibility index (Phi) is 2.39. The zero-order valence-corrected chi connectivity index (χ0v) is 9.97. The first-order valence-electron chi connectivity index (χ1n) is 5.81. The van der Waals surface area contributed by atoms with Gasteiger partial charge in [-0.05, 0) is 40.5 Å². The topological polar surface area (TPSA) is 12.5 Å². The lowest BCUT2D eigenvalue weighted by atomic mass is 10.1. The van der Waals surface area contributed by atoms with Crippen LogP contribution in [0.25, 0.3) is 0 Å². The van der Waals surface area contributed by atoms with Crippen LogP contribution >= 0.6 is 0 Å². The van der Waals surface area contributed by atoms with Gasteiger partial charge < -0.3 is 4.74 Å². The van der Waals surface area contributed by atoms with Crippen molar-refractivity contribution in [3.8, 4) is 0 Å². The minimum Gasteiger partial charge on any atom is -0.374 e. The molecule has 82 valence electrons. The minimum atomic E-state index is 0.0381. The predicted octanol–water partition coefficient (Wildman–Crippen LogP) is 2.29. The maximum absolute atomic E-state index is 6.01. The number of hydrogen-bond acceptors (Lipinski definition) is 2. The zero-order chi connectivity index (χ0) is 10.4. The van der Waals surface area contributed by atoms with E-state index >= 15 is 0 Å². The van der Waals surface area contributed by atoms with Gasteiger partial charge in [0.1, 0.15) is 0 Å². The third-order valence-electron chi connectivity index (χ3n) is 3.58. The van der Waals surface area contributed by atoms with E-state index < -0.39 is 0 Å². The van der Waals surface area contributed by atoms with Gasteiger partial charge in [0.15, 0.2) is 0 Å². The molecule has 0 aromatic carbocycles. The van der Waals surface area contributed by atoms with Gasteiger partial charge in [-0.2, -0.15) is 0 Å². The molecule has 0 unspecified atom stereocenters. The molecule has 1 heterocycles. The Morgan fingerprint density at radius 3 is 2.29 bits per heavy atom. The average molecular weight is 197 g/mol. The summed E-state index contributed by atoms with van der Waals surface area (Å²) < 4.78 is 6.01. The second-order valence-electron chi connectivity index (χ2n) is 6.05. The van der Waals surface area contributed by atoms with Crippen molar-refractivity contribution in [2.75, 3.05) is 19.7 Å². The zero-order valence-electron chi connectivity index (χ0n) is 9.97. The molecule has 2 aliphatic rings. The predicted molar refractivity (Wildman–Crippen MR) is 58.4 cm³/mol. The molecule has 2 heteroatoms. The Morgan fingerprint density at radius 1 is 1.14 bits per heavy atom. The summed E-state index contributed by atoms with van der Waals surface area (Å²) in [6, 6.07) is 0.647. The second-order valence-corrected chi connectivity index (χ2v) is 6.05. The number of ether oxygens (including phenoxy) is 1. The van der Waals surface area contributed by atoms with Gasteiger partial charge in [0, 0.05) is 24.5 Å². The average Bonchev–Trinajstić information content (AvgIpc) is 2.82. The van der Waals surface area contributed by atoms with E-state index in [-0.39, 0.29) is 5.60 Å². The van der Waals surface area contributed by atoms with Gasteiger partial charge in [-0.1, -0.05) is 0 Å². The molecule has 2 fully saturated rings. The van der Waals surface area contributed by atoms with Crippen molar-refractivity contribution < 1.29 is 4.74 Å². The maximum atomic E-state index is 6.01. The van der Waals surface area contributed by atoms with Crippen molar-refractivity contribution in [1.82, 2.24) is 4.90 Å². The van der Waals surface area contributed by atoms with Gasteiger partial charge in [0.05, 0.1) is 12.2 Å². The van der Waals surface area contributed by atoms with Gasteiger partial charge in [-0.3, -0.25) is 4.90 Å². The van der Waals surface area contributed by atoms with E-state index in [0.29, 0.717) is 11.5 Å². The molecule has 1 aliphatic heterocycles. The fourth-order valence-electron chi connectivity index (χ4n) is 2.26. The van der Waals surface area contributed by atoms with Gasteiger partial charge in [0.25, 0.3) is 0 Å². The Labute approximate surface area is 87.6 Å². The van der Waals surface area contributed by atoms with Gasteiger partial charge >= 0.3 is 0 Å². The normalized spacial score (nSPS) is 30.6. The van der Waals surface area contributed by atoms with Crippen LogP contribution in [0.5, 0.6) is 0 Å². The highest BCUT2D eigenvalue weighted by molar-refractivity contribution is 4.99. The molecule has 0 aromatic rings. The summed E-state index contributed by atoms with van der Waals surface area (Å²) in [5.41, 5.74) is 0.564. The molecule has 1 saturated carbocycles. The smallest absolute Gasteiger partial charge is 0.0753 e. The summed E-state index contributed by atoms with van der Waals surface area (Å²) in [7, 11) is 0. The fraction of sp³-hybridized carbons (Fsp3) is 1.00. The number of nitrogens with zero attached hydrogens (tertiary/aromatic N) is 1. The fourth-order valence-corrected chi connectivity index (χ4v) is 2.26. The molecule has 0 bridgehead atoms. The SMILES string of the molecule is CC(C)N1CC2(CC2)COC(C)(C)C1. The lowest BCUT2D eigenvalue weighted by molar-refractivity contribution is -0.0301. The molecule has 0 amide bonds. The van der Waals surface area contributed by atoms with Gasteiger partial charge in [-0.15, -0.1) is 0 Å². The summed E-state index contributed by atoms with van der Waals surface area (Å²) in [4.78, 5) is 2.58. The van der Waals surface area contributed by atoms with Crippen molar-refractivity contribution in [3.63, 3.8) is 0 Å². The highest BCUT2D eigenvalue weighted by Crippen LogP contribution is 2.48. The van der Waals surface area contributed by atoms with Gasteiger partial charge in [0.2, 0.25) is 0 Å². The molecular weight excluding hydrogens is 174 g/mol. The van der Waals surface area contributed by atoms with Crippen LogP contribution < -0.4 is 0 Å². The Morgan fingerprint density at radius 2 is 1.79 bits per heavy atom. The van der Waals surface area contributed by atoms with E-state index in [2.05, 4.69) is 32.6 Å². The van der Waals surface area contributed by atoms with Crippen LogP contribution in [-0.2, 0) is 4.74 Å². The van der Waals surface area contributed by atoms with Crippen molar-refractivity contribution in [3.05, 3.63) is 0 Å². The van der Waals surface area contributed by atoms with Crippen LogP contribution in [0.2, 0.25) is 0 Å². The van der Waals surface area contributed by atoms with Crippen molar-refractivity contribution in [2.24, 2.45) is 5.41 Å². The lowest BCUT2D eigenvalue weighted by Crippen LogP contribution is -2.42. The van der Waals surface area contributed by atoms with Gasteiger partial charge in [-0.25, -0.2) is 0 Å². The largest absolute Gasteiger partial charge is 0.374 e. The van der Waals surface area contributed by atoms with Crippen LogP contribution in [0.3, 0.4) is 0 Å². The maximum Gasteiger partial charge on any atom is 0.0753 e. The Hall–Kier alpha value is -0.0800. The molecule has 0 atom stereocenters. The monoisotopic (exact) mass is 197 g/mol. The van der Waals surface area contributed by atoms with Crippen LogP contribution in [0.15, 0.2) is 0 Å².